The quantitative estimate of drug-likeness (QED) is 0.551. The van der Waals surface area contributed by atoms with Gasteiger partial charge in [-0.15, -0.1) is 0 Å². The molecule has 0 unspecified atom stereocenters. The number of hydrogen-bond acceptors (Lipinski definition) is 1. The molecule has 3 heteroatoms. The molecule has 0 aliphatic carbocycles. The second-order valence-corrected chi connectivity index (χ2v) is 0.716. The summed E-state index contributed by atoms with van der Waals surface area (Å²) in [4.78, 5) is 0. The number of hydrogen-bond donors (Lipinski definition) is 0. The van der Waals surface area contributed by atoms with Gasteiger partial charge in [-0.1, -0.05) is 13.8 Å². The van der Waals surface area contributed by atoms with E-state index in [-0.39, 0.29) is 6.61 Å². The Bertz CT molecular complexity index is 31.6. The summed E-state index contributed by atoms with van der Waals surface area (Å²) in [5.41, 5.74) is 0. The molecule has 8 heavy (non-hydrogen) atoms. The molecule has 0 aromatic carbocycles. The molecule has 0 aromatic rings. The minimum atomic E-state index is -2.60. The van der Waals surface area contributed by atoms with E-state index in [0.29, 0.717) is 0 Å². The van der Waals surface area contributed by atoms with E-state index in [4.69, 9.17) is 0 Å². The van der Waals surface area contributed by atoms with Crippen LogP contribution in [0.4, 0.5) is 8.78 Å². The monoisotopic (exact) mass is 126 g/mol. The first-order chi connectivity index (χ1) is 3.77. The zero-order valence-electron chi connectivity index (χ0n) is 5.45. The van der Waals surface area contributed by atoms with Gasteiger partial charge in [0.15, 0.2) is 0 Å². The second-order valence-electron chi connectivity index (χ2n) is 0.716. The Balaban J connectivity index is 0. The topological polar surface area (TPSA) is 9.23 Å². The van der Waals surface area contributed by atoms with E-state index in [1.54, 1.807) is 0 Å². The average Bonchev–Trinajstić information content (AvgIpc) is 1.72. The van der Waals surface area contributed by atoms with Crippen molar-refractivity contribution in [3.05, 3.63) is 0 Å². The molecule has 0 radical (unpaired) electrons. The fourth-order valence-corrected chi connectivity index (χ4v) is 0.126. The molecule has 1 nitrogen and oxygen atoms in total. The lowest BCUT2D eigenvalue weighted by Gasteiger charge is -1.92. The van der Waals surface area contributed by atoms with Gasteiger partial charge in [-0.05, 0) is 6.92 Å². The van der Waals surface area contributed by atoms with Crippen molar-refractivity contribution in [1.29, 1.82) is 0 Å². The maximum absolute atomic E-state index is 10.8. The Labute approximate surface area is 48.6 Å². The van der Waals surface area contributed by atoms with Crippen LogP contribution in [0.5, 0.6) is 0 Å². The van der Waals surface area contributed by atoms with Crippen molar-refractivity contribution in [1.82, 2.24) is 0 Å². The summed E-state index contributed by atoms with van der Waals surface area (Å²) in [7, 11) is 0. The van der Waals surface area contributed by atoms with Crippen LogP contribution < -0.4 is 0 Å². The summed E-state index contributed by atoms with van der Waals surface area (Å²) in [5.74, 6) is 0. The molecule has 0 fully saturated rings. The van der Waals surface area contributed by atoms with Crippen molar-refractivity contribution in [3.63, 3.8) is 0 Å². The van der Waals surface area contributed by atoms with Crippen molar-refractivity contribution in [2.24, 2.45) is 0 Å². The van der Waals surface area contributed by atoms with Crippen LogP contribution >= 0.6 is 0 Å². The first-order valence-corrected chi connectivity index (χ1v) is 2.67. The smallest absolute Gasteiger partial charge is 0.323 e. The highest BCUT2D eigenvalue weighted by molar-refractivity contribution is 4.07. The molecule has 0 aromatic heterocycles. The van der Waals surface area contributed by atoms with Crippen LogP contribution in [0.25, 0.3) is 0 Å². The van der Waals surface area contributed by atoms with Crippen molar-refractivity contribution < 1.29 is 13.5 Å². The van der Waals surface area contributed by atoms with E-state index >= 15 is 0 Å². The maximum atomic E-state index is 10.8. The third kappa shape index (κ3) is 17.0. The molecule has 52 valence electrons. The second kappa shape index (κ2) is 9.94. The molecule has 0 aliphatic heterocycles. The standard InChI is InChI=1S/C3H6F2O.C2H6/c1-2-6-3(4)5;1-2/h3H,2H2,1H3;1-2H3. The number of alkyl halides is 2. The Kier molecular flexibility index (Phi) is 13.3. The summed E-state index contributed by atoms with van der Waals surface area (Å²) in [6.45, 7) is 3.00. The van der Waals surface area contributed by atoms with E-state index in [1.165, 1.54) is 6.92 Å². The van der Waals surface area contributed by atoms with Gasteiger partial charge in [-0.2, -0.15) is 8.78 Å². The normalized spacial score (nSPS) is 8.25. The first-order valence-electron chi connectivity index (χ1n) is 2.67. The zero-order chi connectivity index (χ0) is 6.99. The number of rotatable bonds is 2. The Morgan fingerprint density at radius 2 is 1.75 bits per heavy atom. The summed E-state index contributed by atoms with van der Waals surface area (Å²) in [6.07, 6.45) is 0. The minimum absolute atomic E-state index is 0.0810. The molecular formula is C5H12F2O. The summed E-state index contributed by atoms with van der Waals surface area (Å²) < 4.78 is 25.3. The van der Waals surface area contributed by atoms with Gasteiger partial charge in [0, 0.05) is 6.61 Å². The van der Waals surface area contributed by atoms with Gasteiger partial charge in [0.25, 0.3) is 0 Å². The molecule has 0 saturated heterocycles. The third-order valence-electron chi connectivity index (χ3n) is 0.293. The molecular weight excluding hydrogens is 114 g/mol. The van der Waals surface area contributed by atoms with E-state index in [9.17, 15) is 8.78 Å². The fourth-order valence-electron chi connectivity index (χ4n) is 0.126. The van der Waals surface area contributed by atoms with E-state index in [2.05, 4.69) is 4.74 Å². The lowest BCUT2D eigenvalue weighted by Crippen LogP contribution is -1.95. The molecule has 0 bridgehead atoms. The Hall–Kier alpha value is -0.180. The Morgan fingerprint density at radius 1 is 1.38 bits per heavy atom. The lowest BCUT2D eigenvalue weighted by atomic mass is 10.9. The molecule has 0 N–H and O–H groups in total. The third-order valence-corrected chi connectivity index (χ3v) is 0.293. The molecule has 0 saturated carbocycles. The average molecular weight is 126 g/mol. The van der Waals surface area contributed by atoms with Gasteiger partial charge in [0.1, 0.15) is 0 Å². The van der Waals surface area contributed by atoms with Crippen molar-refractivity contribution in [2.75, 3.05) is 6.61 Å². The summed E-state index contributed by atoms with van der Waals surface area (Å²) in [5, 5.41) is 0. The van der Waals surface area contributed by atoms with E-state index in [0.717, 1.165) is 0 Å². The highest BCUT2D eigenvalue weighted by Gasteiger charge is 1.94. The predicted octanol–water partition coefficient (Wildman–Crippen LogP) is 2.27. The summed E-state index contributed by atoms with van der Waals surface area (Å²) >= 11 is 0. The molecule has 0 heterocycles. The van der Waals surface area contributed by atoms with Crippen molar-refractivity contribution >= 4 is 0 Å². The summed E-state index contributed by atoms with van der Waals surface area (Å²) in [6, 6.07) is 0. The largest absolute Gasteiger partial charge is 0.345 e. The van der Waals surface area contributed by atoms with Crippen LogP contribution in [-0.2, 0) is 4.74 Å². The highest BCUT2D eigenvalue weighted by atomic mass is 19.3. The zero-order valence-corrected chi connectivity index (χ0v) is 5.45. The van der Waals surface area contributed by atoms with E-state index < -0.39 is 6.61 Å². The van der Waals surface area contributed by atoms with Gasteiger partial charge in [-0.3, -0.25) is 0 Å². The van der Waals surface area contributed by atoms with Gasteiger partial charge in [-0.25, -0.2) is 0 Å². The van der Waals surface area contributed by atoms with Gasteiger partial charge in [0.05, 0.1) is 0 Å². The first kappa shape index (κ1) is 10.7. The van der Waals surface area contributed by atoms with Crippen LogP contribution in [0.1, 0.15) is 20.8 Å². The number of halogens is 2. The lowest BCUT2D eigenvalue weighted by molar-refractivity contribution is -0.124. The SMILES string of the molecule is CC.CCOC(F)F. The Morgan fingerprint density at radius 3 is 1.75 bits per heavy atom. The van der Waals surface area contributed by atoms with Crippen LogP contribution in [0, 0.1) is 0 Å². The van der Waals surface area contributed by atoms with Crippen LogP contribution in [0.2, 0.25) is 0 Å². The van der Waals surface area contributed by atoms with Gasteiger partial charge in [0.2, 0.25) is 0 Å². The van der Waals surface area contributed by atoms with E-state index in [1.807, 2.05) is 13.8 Å². The van der Waals surface area contributed by atoms with Crippen molar-refractivity contribution in [2.45, 2.75) is 27.4 Å². The molecule has 0 atom stereocenters. The maximum Gasteiger partial charge on any atom is 0.345 e. The van der Waals surface area contributed by atoms with Crippen LogP contribution in [0.15, 0.2) is 0 Å². The molecule has 0 spiro atoms. The van der Waals surface area contributed by atoms with Crippen LogP contribution in [0.3, 0.4) is 0 Å². The van der Waals surface area contributed by atoms with Gasteiger partial charge >= 0.3 is 6.61 Å². The van der Waals surface area contributed by atoms with Crippen molar-refractivity contribution in [3.8, 4) is 0 Å². The molecule has 0 rings (SSSR count). The van der Waals surface area contributed by atoms with Gasteiger partial charge < -0.3 is 4.74 Å². The predicted molar refractivity (Wildman–Crippen MR) is 29.0 cm³/mol. The molecule has 0 amide bonds. The minimum Gasteiger partial charge on any atom is -0.323 e. The molecule has 0 aliphatic rings. The van der Waals surface area contributed by atoms with Crippen LogP contribution in [-0.4, -0.2) is 13.2 Å². The highest BCUT2D eigenvalue weighted by Crippen LogP contribution is 1.90. The fraction of sp³-hybridized carbons (Fsp3) is 1.00. The number of ether oxygens (including phenoxy) is 1.